The van der Waals surface area contributed by atoms with Crippen LogP contribution >= 0.6 is 0 Å². The van der Waals surface area contributed by atoms with Gasteiger partial charge in [-0.2, -0.15) is 0 Å². The van der Waals surface area contributed by atoms with Gasteiger partial charge in [0.05, 0.1) is 12.2 Å². The second-order valence-corrected chi connectivity index (χ2v) is 15.0. The number of unbranched alkanes of at least 4 members (excludes halogenated alkanes) is 18. The molecule has 2 fully saturated rings. The minimum absolute atomic E-state index is 0.302. The van der Waals surface area contributed by atoms with Crippen molar-refractivity contribution in [2.75, 3.05) is 14.1 Å². The first-order valence-corrected chi connectivity index (χ1v) is 20.7. The van der Waals surface area contributed by atoms with Gasteiger partial charge >= 0.3 is 0 Å². The summed E-state index contributed by atoms with van der Waals surface area (Å²) in [7, 11) is 4.40. The van der Waals surface area contributed by atoms with E-state index in [1.165, 1.54) is 141 Å². The first-order valence-electron chi connectivity index (χ1n) is 20.7. The largest absolute Gasteiger partial charge is 0.344 e. The minimum atomic E-state index is -0.308. The normalized spacial score (nSPS) is 21.2. The van der Waals surface area contributed by atoms with Gasteiger partial charge in [-0.25, -0.2) is 0 Å². The Labute approximate surface area is 294 Å². The summed E-state index contributed by atoms with van der Waals surface area (Å²) < 4.78 is 13.7. The lowest BCUT2D eigenvalue weighted by molar-refractivity contribution is -0.193. The summed E-state index contributed by atoms with van der Waals surface area (Å²) in [4.78, 5) is 2.36. The Hall–Kier alpha value is -1.16. The number of ether oxygens (including phenoxy) is 2. The Balaban J connectivity index is 1.55. The summed E-state index contributed by atoms with van der Waals surface area (Å²) in [6.07, 6.45) is 55.0. The zero-order valence-electron chi connectivity index (χ0n) is 31.9. The van der Waals surface area contributed by atoms with Crippen molar-refractivity contribution in [2.45, 2.75) is 218 Å². The highest BCUT2D eigenvalue weighted by molar-refractivity contribution is 4.97. The smallest absolute Gasteiger partial charge is 0.169 e. The number of hydrogen-bond donors (Lipinski definition) is 0. The molecule has 3 heteroatoms. The number of fused-ring (bicyclic) bond motifs is 1. The molecule has 272 valence electrons. The maximum Gasteiger partial charge on any atom is 0.169 e. The Morgan fingerprint density at radius 2 is 0.809 bits per heavy atom. The van der Waals surface area contributed by atoms with Crippen LogP contribution in [0.2, 0.25) is 0 Å². The first kappa shape index (κ1) is 42.0. The Morgan fingerprint density at radius 3 is 1.17 bits per heavy atom. The van der Waals surface area contributed by atoms with E-state index in [0.717, 1.165) is 38.5 Å². The first-order chi connectivity index (χ1) is 23.1. The van der Waals surface area contributed by atoms with Crippen LogP contribution in [0.4, 0.5) is 0 Å². The molecule has 0 spiro atoms. The molecular formula is C44H79NO2. The van der Waals surface area contributed by atoms with Crippen LogP contribution in [-0.4, -0.2) is 43.0 Å². The van der Waals surface area contributed by atoms with Gasteiger partial charge in [-0.1, -0.05) is 140 Å². The summed E-state index contributed by atoms with van der Waals surface area (Å²) in [5.41, 5.74) is 0. The van der Waals surface area contributed by atoms with E-state index in [0.29, 0.717) is 18.2 Å². The van der Waals surface area contributed by atoms with Gasteiger partial charge in [0.15, 0.2) is 5.79 Å². The predicted octanol–water partition coefficient (Wildman–Crippen LogP) is 13.6. The molecule has 0 radical (unpaired) electrons. The molecule has 1 aliphatic carbocycles. The van der Waals surface area contributed by atoms with Crippen molar-refractivity contribution in [3.8, 4) is 0 Å². The summed E-state index contributed by atoms with van der Waals surface area (Å²) in [6, 6.07) is 0.603. The van der Waals surface area contributed by atoms with Crippen LogP contribution in [0.3, 0.4) is 0 Å². The molecule has 1 heterocycles. The van der Waals surface area contributed by atoms with E-state index in [1.807, 2.05) is 0 Å². The molecule has 1 saturated carbocycles. The fraction of sp³-hybridized carbons (Fsp3) is 0.818. The third-order valence-electron chi connectivity index (χ3n) is 10.4. The standard InChI is InChI=1S/C44H79NO2/c1-5-7-9-11-13-15-17-19-21-23-25-27-29-31-33-35-37-44(46-42-39-41(45(3)4)40-43(42)47-44)38-36-34-32-30-28-26-24-22-20-18-16-14-12-10-8-6-2/h13-16,19-22,41-43H,5-12,17-18,23-40H2,1-4H3/b15-13-,16-14-,21-19-,22-20-. The van der Waals surface area contributed by atoms with Crippen LogP contribution in [0.25, 0.3) is 0 Å². The molecule has 2 aliphatic rings. The molecule has 47 heavy (non-hydrogen) atoms. The van der Waals surface area contributed by atoms with Gasteiger partial charge in [-0.15, -0.1) is 0 Å². The maximum atomic E-state index is 6.83. The van der Waals surface area contributed by atoms with Crippen molar-refractivity contribution in [3.05, 3.63) is 48.6 Å². The van der Waals surface area contributed by atoms with E-state index in [1.54, 1.807) is 0 Å². The second-order valence-electron chi connectivity index (χ2n) is 15.0. The molecule has 0 aromatic heterocycles. The molecule has 2 atom stereocenters. The van der Waals surface area contributed by atoms with E-state index < -0.39 is 0 Å². The zero-order chi connectivity index (χ0) is 33.7. The molecule has 2 unspecified atom stereocenters. The van der Waals surface area contributed by atoms with Gasteiger partial charge in [0.1, 0.15) is 0 Å². The SMILES string of the molecule is CCCCC/C=C\C/C=C\CCCCCCCCC1(CCCCCCCC/C=C\C/C=C\CCCCC)OC2CC(N(C)C)CC2O1. The van der Waals surface area contributed by atoms with Crippen molar-refractivity contribution in [2.24, 2.45) is 0 Å². The third-order valence-corrected chi connectivity index (χ3v) is 10.4. The van der Waals surface area contributed by atoms with E-state index >= 15 is 0 Å². The fourth-order valence-electron chi connectivity index (χ4n) is 7.31. The van der Waals surface area contributed by atoms with Crippen LogP contribution in [0, 0.1) is 0 Å². The molecule has 2 rings (SSSR count). The van der Waals surface area contributed by atoms with E-state index in [9.17, 15) is 0 Å². The minimum Gasteiger partial charge on any atom is -0.344 e. The van der Waals surface area contributed by atoms with Gasteiger partial charge in [-0.05, 0) is 104 Å². The summed E-state index contributed by atoms with van der Waals surface area (Å²) in [5.74, 6) is -0.308. The highest BCUT2D eigenvalue weighted by atomic mass is 16.8. The monoisotopic (exact) mass is 654 g/mol. The molecule has 0 bridgehead atoms. The van der Waals surface area contributed by atoms with Crippen LogP contribution in [0.1, 0.15) is 194 Å². The van der Waals surface area contributed by atoms with Crippen molar-refractivity contribution < 1.29 is 9.47 Å². The second kappa shape index (κ2) is 28.7. The topological polar surface area (TPSA) is 21.7 Å². The number of rotatable bonds is 31. The molecule has 0 amide bonds. The van der Waals surface area contributed by atoms with Gasteiger partial charge in [-0.3, -0.25) is 0 Å². The van der Waals surface area contributed by atoms with Crippen LogP contribution in [0.5, 0.6) is 0 Å². The molecule has 0 aromatic rings. The molecule has 0 aromatic carbocycles. The summed E-state index contributed by atoms with van der Waals surface area (Å²) >= 11 is 0. The molecule has 1 saturated heterocycles. The molecule has 1 aliphatic heterocycles. The highest BCUT2D eigenvalue weighted by Gasteiger charge is 2.51. The van der Waals surface area contributed by atoms with Crippen molar-refractivity contribution in [3.63, 3.8) is 0 Å². The average molecular weight is 654 g/mol. The quantitative estimate of drug-likeness (QED) is 0.0549. The summed E-state index contributed by atoms with van der Waals surface area (Å²) in [5, 5.41) is 0. The lowest BCUT2D eigenvalue weighted by Gasteiger charge is -2.31. The van der Waals surface area contributed by atoms with E-state index in [4.69, 9.17) is 9.47 Å². The lowest BCUT2D eigenvalue weighted by atomic mass is 9.98. The number of nitrogens with zero attached hydrogens (tertiary/aromatic N) is 1. The van der Waals surface area contributed by atoms with Gasteiger partial charge in [0.25, 0.3) is 0 Å². The van der Waals surface area contributed by atoms with Crippen LogP contribution in [-0.2, 0) is 9.47 Å². The van der Waals surface area contributed by atoms with Crippen LogP contribution < -0.4 is 0 Å². The van der Waals surface area contributed by atoms with Gasteiger partial charge < -0.3 is 14.4 Å². The van der Waals surface area contributed by atoms with Gasteiger partial charge in [0, 0.05) is 18.9 Å². The number of hydrogen-bond acceptors (Lipinski definition) is 3. The maximum absolute atomic E-state index is 6.83. The van der Waals surface area contributed by atoms with Crippen molar-refractivity contribution >= 4 is 0 Å². The molecule has 0 N–H and O–H groups in total. The number of allylic oxidation sites excluding steroid dienone is 8. The molecule has 3 nitrogen and oxygen atoms in total. The summed E-state index contributed by atoms with van der Waals surface area (Å²) in [6.45, 7) is 4.54. The Bertz CT molecular complexity index is 763. The third kappa shape index (κ3) is 20.8. The Kier molecular flexibility index (Phi) is 25.6. The van der Waals surface area contributed by atoms with Crippen LogP contribution in [0.15, 0.2) is 48.6 Å². The fourth-order valence-corrected chi connectivity index (χ4v) is 7.31. The van der Waals surface area contributed by atoms with Gasteiger partial charge in [0.2, 0.25) is 0 Å². The van der Waals surface area contributed by atoms with Crippen molar-refractivity contribution in [1.29, 1.82) is 0 Å². The lowest BCUT2D eigenvalue weighted by Crippen LogP contribution is -2.34. The predicted molar refractivity (Wildman–Crippen MR) is 207 cm³/mol. The van der Waals surface area contributed by atoms with E-state index in [-0.39, 0.29) is 5.79 Å². The van der Waals surface area contributed by atoms with Crippen molar-refractivity contribution in [1.82, 2.24) is 4.90 Å². The Morgan fingerprint density at radius 1 is 0.468 bits per heavy atom. The zero-order valence-corrected chi connectivity index (χ0v) is 31.9. The van der Waals surface area contributed by atoms with E-state index in [2.05, 4.69) is 81.5 Å². The average Bonchev–Trinajstić information content (AvgIpc) is 3.61. The highest BCUT2D eigenvalue weighted by Crippen LogP contribution is 2.44. The molecular weight excluding hydrogens is 574 g/mol.